The number of benzene rings is 1. The summed E-state index contributed by atoms with van der Waals surface area (Å²) in [4.78, 5) is 30.0. The summed E-state index contributed by atoms with van der Waals surface area (Å²) in [6, 6.07) is 11.9. The van der Waals surface area contributed by atoms with Crippen molar-refractivity contribution >= 4 is 29.4 Å². The Morgan fingerprint density at radius 3 is 2.41 bits per heavy atom. The molecule has 4 heterocycles. The maximum atomic E-state index is 13.6. The van der Waals surface area contributed by atoms with Gasteiger partial charge in [0.15, 0.2) is 0 Å². The van der Waals surface area contributed by atoms with Crippen LogP contribution in [-0.2, 0) is 0 Å². The lowest BCUT2D eigenvalue weighted by Gasteiger charge is -2.43. The number of hydrogen-bond donors (Lipinski definition) is 1. The molecular formula is C30H45N7OS. The second kappa shape index (κ2) is 12.9. The van der Waals surface area contributed by atoms with E-state index in [9.17, 15) is 4.79 Å². The van der Waals surface area contributed by atoms with Gasteiger partial charge in [-0.05, 0) is 90.4 Å². The number of nitrogens with one attached hydrogen (secondary N) is 1. The van der Waals surface area contributed by atoms with E-state index >= 15 is 0 Å². The van der Waals surface area contributed by atoms with E-state index in [0.717, 1.165) is 76.5 Å². The summed E-state index contributed by atoms with van der Waals surface area (Å²) in [5.74, 6) is 2.05. The molecule has 3 aliphatic rings. The van der Waals surface area contributed by atoms with E-state index in [-0.39, 0.29) is 5.91 Å². The predicted molar refractivity (Wildman–Crippen MR) is 162 cm³/mol. The highest BCUT2D eigenvalue weighted by atomic mass is 32.2. The third-order valence-corrected chi connectivity index (χ3v) is 9.87. The van der Waals surface area contributed by atoms with Crippen LogP contribution in [0.2, 0.25) is 0 Å². The third-order valence-electron chi connectivity index (χ3n) is 8.99. The Morgan fingerprint density at radius 1 is 1.00 bits per heavy atom. The van der Waals surface area contributed by atoms with Crippen molar-refractivity contribution in [2.75, 3.05) is 69.3 Å². The fourth-order valence-electron chi connectivity index (χ4n) is 6.47. The molecule has 3 aliphatic heterocycles. The van der Waals surface area contributed by atoms with E-state index in [4.69, 9.17) is 0 Å². The van der Waals surface area contributed by atoms with E-state index < -0.39 is 0 Å². The van der Waals surface area contributed by atoms with Crippen molar-refractivity contribution in [1.29, 1.82) is 0 Å². The van der Waals surface area contributed by atoms with Gasteiger partial charge in [0, 0.05) is 56.1 Å². The summed E-state index contributed by atoms with van der Waals surface area (Å²) >= 11 is 1.83. The molecule has 0 radical (unpaired) electrons. The predicted octanol–water partition coefficient (Wildman–Crippen LogP) is 4.31. The molecule has 0 aliphatic carbocycles. The summed E-state index contributed by atoms with van der Waals surface area (Å²) in [5.41, 5.74) is 2.71. The molecule has 0 saturated carbocycles. The van der Waals surface area contributed by atoms with Crippen LogP contribution in [0.5, 0.6) is 0 Å². The van der Waals surface area contributed by atoms with Gasteiger partial charge in [0.05, 0.1) is 0 Å². The zero-order valence-electron chi connectivity index (χ0n) is 24.1. The van der Waals surface area contributed by atoms with Gasteiger partial charge in [-0.3, -0.25) is 9.10 Å². The minimum Gasteiger partial charge on any atom is -0.371 e. The number of carbonyl (C=O) groups is 1. The molecule has 3 fully saturated rings. The number of nitrogens with zero attached hydrogens (tertiary/aromatic N) is 6. The quantitative estimate of drug-likeness (QED) is 0.487. The van der Waals surface area contributed by atoms with Crippen molar-refractivity contribution in [2.45, 2.75) is 58.0 Å². The Morgan fingerprint density at radius 2 is 1.72 bits per heavy atom. The van der Waals surface area contributed by atoms with E-state index in [0.29, 0.717) is 29.5 Å². The Kier molecular flexibility index (Phi) is 9.30. The number of aryl methyl sites for hydroxylation is 1. The number of aromatic nitrogens is 2. The van der Waals surface area contributed by atoms with Crippen LogP contribution in [0, 0.1) is 19.8 Å². The minimum absolute atomic E-state index is 0.0518. The van der Waals surface area contributed by atoms with Crippen LogP contribution < -0.4 is 10.2 Å². The van der Waals surface area contributed by atoms with Gasteiger partial charge in [-0.25, -0.2) is 9.97 Å². The van der Waals surface area contributed by atoms with Gasteiger partial charge >= 0.3 is 0 Å². The molecule has 8 nitrogen and oxygen atoms in total. The largest absolute Gasteiger partial charge is 0.371 e. The van der Waals surface area contributed by atoms with E-state index in [1.54, 1.807) is 0 Å². The summed E-state index contributed by atoms with van der Waals surface area (Å²) < 4.78 is 2.40. The molecule has 212 valence electrons. The number of likely N-dealkylation sites (tertiary alicyclic amines) is 2. The summed E-state index contributed by atoms with van der Waals surface area (Å²) in [6.07, 6.45) is 7.87. The summed E-state index contributed by atoms with van der Waals surface area (Å²) in [6.45, 7) is 10.8. The highest BCUT2D eigenvalue weighted by Gasteiger charge is 2.32. The summed E-state index contributed by atoms with van der Waals surface area (Å²) in [5, 5.41) is 3.57. The number of carbonyl (C=O) groups excluding carboxylic acids is 1. The van der Waals surface area contributed by atoms with Crippen molar-refractivity contribution in [3.8, 4) is 0 Å². The van der Waals surface area contributed by atoms with Crippen LogP contribution in [0.3, 0.4) is 0 Å². The number of rotatable bonds is 8. The van der Waals surface area contributed by atoms with Crippen LogP contribution in [-0.4, -0.2) is 101 Å². The first kappa shape index (κ1) is 28.2. The average Bonchev–Trinajstić information content (AvgIpc) is 3.46. The molecule has 5 rings (SSSR count). The fourth-order valence-corrected chi connectivity index (χ4v) is 6.98. The van der Waals surface area contributed by atoms with Gasteiger partial charge in [-0.1, -0.05) is 30.1 Å². The SMILES string of the molecule is CSN(C)C1CCN(C2CCN(C(=O)c3nc(C)nc(NCC4CCN(c5ccccc5)C4)c3C)CC2)CC1. The number of para-hydroxylation sites is 1. The summed E-state index contributed by atoms with van der Waals surface area (Å²) in [7, 11) is 2.21. The monoisotopic (exact) mass is 551 g/mol. The molecular weight excluding hydrogens is 506 g/mol. The van der Waals surface area contributed by atoms with Gasteiger partial charge in [0.25, 0.3) is 5.91 Å². The molecule has 0 bridgehead atoms. The van der Waals surface area contributed by atoms with Gasteiger partial charge in [0.2, 0.25) is 0 Å². The van der Waals surface area contributed by atoms with Crippen LogP contribution in [0.25, 0.3) is 0 Å². The molecule has 1 unspecified atom stereocenters. The number of amides is 1. The fraction of sp³-hybridized carbons (Fsp3) is 0.633. The second-order valence-electron chi connectivity index (χ2n) is 11.4. The first-order valence-corrected chi connectivity index (χ1v) is 15.8. The molecule has 39 heavy (non-hydrogen) atoms. The van der Waals surface area contributed by atoms with Crippen molar-refractivity contribution < 1.29 is 4.79 Å². The molecule has 1 N–H and O–H groups in total. The van der Waals surface area contributed by atoms with E-state index in [1.807, 2.05) is 30.7 Å². The Labute approximate surface area is 238 Å². The zero-order valence-corrected chi connectivity index (χ0v) is 24.9. The average molecular weight is 552 g/mol. The second-order valence-corrected chi connectivity index (χ2v) is 12.4. The molecule has 3 saturated heterocycles. The van der Waals surface area contributed by atoms with Gasteiger partial charge in [0.1, 0.15) is 17.3 Å². The minimum atomic E-state index is 0.0518. The van der Waals surface area contributed by atoms with Crippen molar-refractivity contribution in [2.24, 2.45) is 5.92 Å². The molecule has 2 aromatic rings. The highest BCUT2D eigenvalue weighted by molar-refractivity contribution is 7.96. The van der Waals surface area contributed by atoms with Crippen LogP contribution >= 0.6 is 11.9 Å². The van der Waals surface area contributed by atoms with Crippen molar-refractivity contribution in [3.05, 3.63) is 47.4 Å². The van der Waals surface area contributed by atoms with E-state index in [2.05, 4.69) is 73.0 Å². The molecule has 1 amide bonds. The van der Waals surface area contributed by atoms with Gasteiger partial charge < -0.3 is 20.0 Å². The lowest BCUT2D eigenvalue weighted by molar-refractivity contribution is 0.0545. The maximum absolute atomic E-state index is 13.6. The van der Waals surface area contributed by atoms with Crippen LogP contribution in [0.4, 0.5) is 11.5 Å². The maximum Gasteiger partial charge on any atom is 0.272 e. The van der Waals surface area contributed by atoms with Crippen molar-refractivity contribution in [3.63, 3.8) is 0 Å². The van der Waals surface area contributed by atoms with Gasteiger partial charge in [-0.2, -0.15) is 0 Å². The normalized spacial score (nSPS) is 21.6. The molecule has 0 spiro atoms. The van der Waals surface area contributed by atoms with E-state index in [1.165, 1.54) is 18.5 Å². The standard InChI is InChI=1S/C30H45N7OS/c1-22-28(30(38)36-18-13-27(14-19-36)35-16-11-25(12-17-35)34(3)39-4)32-23(2)33-29(22)31-20-24-10-15-37(21-24)26-8-6-5-7-9-26/h5-9,24-25,27H,10-21H2,1-4H3,(H,31,32,33). The number of piperidine rings is 2. The van der Waals surface area contributed by atoms with Crippen LogP contribution in [0.1, 0.15) is 54.0 Å². The lowest BCUT2D eigenvalue weighted by atomic mass is 9.97. The third kappa shape index (κ3) is 6.69. The molecule has 1 aromatic carbocycles. The number of anilines is 2. The smallest absolute Gasteiger partial charge is 0.272 e. The Balaban J connectivity index is 1.14. The Bertz CT molecular complexity index is 1100. The lowest BCUT2D eigenvalue weighted by Crippen LogP contribution is -2.51. The van der Waals surface area contributed by atoms with Crippen LogP contribution in [0.15, 0.2) is 30.3 Å². The molecule has 1 aromatic heterocycles. The molecule has 1 atom stereocenters. The number of hydrogen-bond acceptors (Lipinski definition) is 8. The van der Waals surface area contributed by atoms with Gasteiger partial charge in [-0.15, -0.1) is 0 Å². The molecule has 9 heteroatoms. The zero-order chi connectivity index (χ0) is 27.4. The topological polar surface area (TPSA) is 67.8 Å². The van der Waals surface area contributed by atoms with Crippen molar-refractivity contribution in [1.82, 2.24) is 24.1 Å². The highest BCUT2D eigenvalue weighted by Crippen LogP contribution is 2.27. The first-order valence-electron chi connectivity index (χ1n) is 14.6. The first-order chi connectivity index (χ1) is 18.9. The Hall–Kier alpha value is -2.36.